The van der Waals surface area contributed by atoms with E-state index in [0.717, 1.165) is 64.2 Å². The van der Waals surface area contributed by atoms with Crippen molar-refractivity contribution in [2.45, 2.75) is 110 Å². The third-order valence-corrected chi connectivity index (χ3v) is 6.12. The van der Waals surface area contributed by atoms with Gasteiger partial charge in [-0.05, 0) is 32.1 Å². The van der Waals surface area contributed by atoms with Crippen LogP contribution in [0.3, 0.4) is 0 Å². The predicted octanol–water partition coefficient (Wildman–Crippen LogP) is 5.59. The van der Waals surface area contributed by atoms with Crippen molar-refractivity contribution in [3.8, 4) is 0 Å². The van der Waals surface area contributed by atoms with E-state index in [9.17, 15) is 19.0 Å². The summed E-state index contributed by atoms with van der Waals surface area (Å²) in [5, 5.41) is 0. The van der Waals surface area contributed by atoms with Crippen LogP contribution in [0.2, 0.25) is 0 Å². The fourth-order valence-corrected chi connectivity index (χ4v) is 3.93. The normalized spacial score (nSPS) is 14.1. The van der Waals surface area contributed by atoms with E-state index in [4.69, 9.17) is 19.7 Å². The molecule has 0 spiro atoms. The zero-order valence-electron chi connectivity index (χ0n) is 21.8. The molecule has 0 bridgehead atoms. The molecular weight excluding hydrogens is 473 g/mol. The number of hydrogen-bond donors (Lipinski definition) is 2. The molecule has 0 heterocycles. The highest BCUT2D eigenvalue weighted by Crippen LogP contribution is 2.43. The number of nitrogens with two attached hydrogens (primary N) is 1. The summed E-state index contributed by atoms with van der Waals surface area (Å²) in [5.41, 5.74) is 5.26. The van der Waals surface area contributed by atoms with Crippen LogP contribution in [-0.4, -0.2) is 49.3 Å². The van der Waals surface area contributed by atoms with Gasteiger partial charge >= 0.3 is 19.8 Å². The monoisotopic (exact) mass is 521 g/mol. The molecule has 0 aliphatic rings. The molecule has 0 amide bonds. The first-order valence-corrected chi connectivity index (χ1v) is 14.7. The van der Waals surface area contributed by atoms with Gasteiger partial charge in [0.1, 0.15) is 6.61 Å². The predicted molar refractivity (Wildman–Crippen MR) is 137 cm³/mol. The number of allylic oxidation sites excluding steroid dienone is 2. The van der Waals surface area contributed by atoms with E-state index >= 15 is 0 Å². The third kappa shape index (κ3) is 22.9. The quantitative estimate of drug-likeness (QED) is 0.0721. The van der Waals surface area contributed by atoms with Gasteiger partial charge in [-0.1, -0.05) is 70.9 Å². The first-order chi connectivity index (χ1) is 16.8. The number of ether oxygens (including phenoxy) is 2. The van der Waals surface area contributed by atoms with E-state index in [1.165, 1.54) is 6.42 Å². The van der Waals surface area contributed by atoms with Gasteiger partial charge in [-0.2, -0.15) is 0 Å². The summed E-state index contributed by atoms with van der Waals surface area (Å²) < 4.78 is 32.0. The van der Waals surface area contributed by atoms with E-state index in [2.05, 4.69) is 30.5 Å². The van der Waals surface area contributed by atoms with Crippen LogP contribution in [0.1, 0.15) is 104 Å². The second kappa shape index (κ2) is 23.2. The second-order valence-electron chi connectivity index (χ2n) is 8.56. The topological polar surface area (TPSA) is 134 Å². The Morgan fingerprint density at radius 2 is 1.46 bits per heavy atom. The Hall–Kier alpha value is -1.25. The second-order valence-corrected chi connectivity index (χ2v) is 10.0. The molecule has 0 aromatic heterocycles. The number of phosphoric acid groups is 1. The average Bonchev–Trinajstić information content (AvgIpc) is 2.83. The van der Waals surface area contributed by atoms with Gasteiger partial charge in [-0.15, -0.1) is 0 Å². The zero-order valence-corrected chi connectivity index (χ0v) is 22.7. The Morgan fingerprint density at radius 1 is 0.829 bits per heavy atom. The number of hydrogen-bond acceptors (Lipinski definition) is 8. The van der Waals surface area contributed by atoms with E-state index in [1.54, 1.807) is 0 Å². The summed E-state index contributed by atoms with van der Waals surface area (Å²) in [7, 11) is -4.34. The molecule has 0 aromatic rings. The minimum absolute atomic E-state index is 0.0531. The summed E-state index contributed by atoms with van der Waals surface area (Å²) in [5.74, 6) is -0.867. The van der Waals surface area contributed by atoms with Crippen LogP contribution in [0.25, 0.3) is 0 Å². The van der Waals surface area contributed by atoms with E-state index in [0.29, 0.717) is 6.42 Å². The highest BCUT2D eigenvalue weighted by atomic mass is 31.2. The van der Waals surface area contributed by atoms with Gasteiger partial charge in [0.2, 0.25) is 0 Å². The summed E-state index contributed by atoms with van der Waals surface area (Å²) in [6.45, 7) is 3.47. The van der Waals surface area contributed by atoms with Gasteiger partial charge in [0.05, 0.1) is 13.2 Å². The van der Waals surface area contributed by atoms with E-state index in [-0.39, 0.29) is 32.6 Å². The van der Waals surface area contributed by atoms with Crippen molar-refractivity contribution in [2.24, 2.45) is 5.73 Å². The first-order valence-electron chi connectivity index (χ1n) is 13.2. The Labute approximate surface area is 211 Å². The van der Waals surface area contributed by atoms with E-state index < -0.39 is 32.5 Å². The zero-order chi connectivity index (χ0) is 26.2. The Bertz CT molecular complexity index is 614. The Kier molecular flexibility index (Phi) is 22.3. The van der Waals surface area contributed by atoms with Gasteiger partial charge in [-0.3, -0.25) is 18.6 Å². The maximum absolute atomic E-state index is 12.3. The molecule has 0 fully saturated rings. The highest BCUT2D eigenvalue weighted by molar-refractivity contribution is 7.47. The molecule has 0 aromatic carbocycles. The van der Waals surface area contributed by atoms with Gasteiger partial charge in [0.15, 0.2) is 6.10 Å². The number of unbranched alkanes of at least 4 members (excludes halogenated alkanes) is 9. The smallest absolute Gasteiger partial charge is 0.462 e. The molecular formula is C25H48NO8P. The van der Waals surface area contributed by atoms with Crippen molar-refractivity contribution in [3.05, 3.63) is 12.2 Å². The van der Waals surface area contributed by atoms with Gasteiger partial charge in [0, 0.05) is 19.4 Å². The average molecular weight is 522 g/mol. The molecule has 10 heteroatoms. The minimum atomic E-state index is -4.34. The molecule has 3 N–H and O–H groups in total. The molecule has 2 atom stereocenters. The van der Waals surface area contributed by atoms with Crippen molar-refractivity contribution in [1.29, 1.82) is 0 Å². The molecule has 206 valence electrons. The molecule has 0 radical (unpaired) electrons. The Morgan fingerprint density at radius 3 is 2.14 bits per heavy atom. The number of rotatable bonds is 24. The lowest BCUT2D eigenvalue weighted by Gasteiger charge is -2.19. The van der Waals surface area contributed by atoms with Crippen molar-refractivity contribution in [2.75, 3.05) is 26.4 Å². The van der Waals surface area contributed by atoms with Crippen molar-refractivity contribution in [3.63, 3.8) is 0 Å². The summed E-state index contributed by atoms with van der Waals surface area (Å²) >= 11 is 0. The number of carbonyl (C=O) groups excluding carboxylic acids is 2. The van der Waals surface area contributed by atoms with E-state index in [1.807, 2.05) is 0 Å². The van der Waals surface area contributed by atoms with Crippen LogP contribution in [0.4, 0.5) is 0 Å². The SMILES string of the molecule is CCC/C=C\CCCCCCCC(=O)OC(COC(=O)CCCCCC)COP(=O)(O)OCCN. The van der Waals surface area contributed by atoms with Crippen molar-refractivity contribution >= 4 is 19.8 Å². The molecule has 0 aliphatic carbocycles. The largest absolute Gasteiger partial charge is 0.472 e. The fourth-order valence-electron chi connectivity index (χ4n) is 3.16. The number of esters is 2. The van der Waals surface area contributed by atoms with Gasteiger partial charge in [-0.25, -0.2) is 4.57 Å². The fraction of sp³-hybridized carbons (Fsp3) is 0.840. The first kappa shape index (κ1) is 33.8. The minimum Gasteiger partial charge on any atom is -0.462 e. The van der Waals surface area contributed by atoms with Crippen LogP contribution in [0.5, 0.6) is 0 Å². The molecule has 35 heavy (non-hydrogen) atoms. The maximum atomic E-state index is 12.3. The molecule has 0 saturated carbocycles. The third-order valence-electron chi connectivity index (χ3n) is 5.13. The highest BCUT2D eigenvalue weighted by Gasteiger charge is 2.25. The molecule has 2 unspecified atom stereocenters. The summed E-state index contributed by atoms with van der Waals surface area (Å²) in [6, 6.07) is 0. The van der Waals surface area contributed by atoms with Crippen LogP contribution in [0, 0.1) is 0 Å². The maximum Gasteiger partial charge on any atom is 0.472 e. The Balaban J connectivity index is 4.38. The number of phosphoric ester groups is 1. The standard InChI is InChI=1S/C25H48NO8P/c1-3-5-7-9-10-11-12-13-14-16-18-25(28)34-23(22-33-35(29,30)32-20-19-26)21-31-24(27)17-15-8-6-4-2/h7,9,23H,3-6,8,10-22,26H2,1-2H3,(H,29,30)/b9-7-. The lowest BCUT2D eigenvalue weighted by atomic mass is 10.1. The molecule has 9 nitrogen and oxygen atoms in total. The van der Waals surface area contributed by atoms with Crippen LogP contribution >= 0.6 is 7.82 Å². The van der Waals surface area contributed by atoms with Crippen LogP contribution in [0.15, 0.2) is 12.2 Å². The van der Waals surface area contributed by atoms with Crippen LogP contribution in [-0.2, 0) is 32.7 Å². The summed E-state index contributed by atoms with van der Waals surface area (Å²) in [6.07, 6.45) is 16.0. The lowest BCUT2D eigenvalue weighted by molar-refractivity contribution is -0.161. The molecule has 0 aliphatic heterocycles. The number of carbonyl (C=O) groups is 2. The molecule has 0 rings (SSSR count). The lowest BCUT2D eigenvalue weighted by Crippen LogP contribution is -2.29. The van der Waals surface area contributed by atoms with Crippen molar-refractivity contribution < 1.29 is 37.6 Å². The van der Waals surface area contributed by atoms with Gasteiger partial charge < -0.3 is 20.1 Å². The molecule has 0 saturated heterocycles. The van der Waals surface area contributed by atoms with Crippen LogP contribution < -0.4 is 5.73 Å². The van der Waals surface area contributed by atoms with Gasteiger partial charge in [0.25, 0.3) is 0 Å². The summed E-state index contributed by atoms with van der Waals surface area (Å²) in [4.78, 5) is 33.9. The van der Waals surface area contributed by atoms with Crippen molar-refractivity contribution in [1.82, 2.24) is 0 Å².